The van der Waals surface area contributed by atoms with Crippen LogP contribution >= 0.6 is 0 Å². The topological polar surface area (TPSA) is 106 Å². The first-order chi connectivity index (χ1) is 13.6. The molecule has 0 heterocycles. The first-order valence-corrected chi connectivity index (χ1v) is 9.38. The molecule has 2 N–H and O–H groups in total. The normalized spacial score (nSPS) is 11.9. The van der Waals surface area contributed by atoms with Gasteiger partial charge in [0.25, 0.3) is 5.91 Å². The predicted octanol–water partition coefficient (Wildman–Crippen LogP) is 2.61. The number of carbonyl (C=O) groups excluding carboxylic acids is 3. The standard InChI is InChI=1S/C20H31N3O6/c1-20(2,3)29-19(26)22-16(17(24)23(4)27-5)12-9-13-21-18(25)28-14-15-10-7-6-8-11-15/h6-8,10-11,16H,9,12-14H2,1-5H3,(H,21,25)(H,22,26). The number of amides is 3. The van der Waals surface area contributed by atoms with Crippen LogP contribution in [-0.2, 0) is 25.7 Å². The summed E-state index contributed by atoms with van der Waals surface area (Å²) in [6, 6.07) is 8.48. The largest absolute Gasteiger partial charge is 0.445 e. The van der Waals surface area contributed by atoms with Crippen LogP contribution in [-0.4, -0.2) is 55.5 Å². The van der Waals surface area contributed by atoms with Gasteiger partial charge in [-0.2, -0.15) is 0 Å². The van der Waals surface area contributed by atoms with E-state index in [2.05, 4.69) is 10.6 Å². The van der Waals surface area contributed by atoms with Gasteiger partial charge >= 0.3 is 12.2 Å². The summed E-state index contributed by atoms with van der Waals surface area (Å²) in [5.41, 5.74) is 0.201. The number of carbonyl (C=O) groups is 3. The molecular weight excluding hydrogens is 378 g/mol. The molecule has 1 atom stereocenters. The van der Waals surface area contributed by atoms with Gasteiger partial charge in [-0.15, -0.1) is 0 Å². The zero-order chi connectivity index (χ0) is 21.9. The van der Waals surface area contributed by atoms with E-state index in [1.807, 2.05) is 30.3 Å². The second kappa shape index (κ2) is 11.9. The molecule has 0 saturated heterocycles. The van der Waals surface area contributed by atoms with Gasteiger partial charge in [0.1, 0.15) is 18.2 Å². The molecule has 0 spiro atoms. The Morgan fingerprint density at radius 1 is 1.10 bits per heavy atom. The van der Waals surface area contributed by atoms with Gasteiger partial charge in [0.15, 0.2) is 0 Å². The van der Waals surface area contributed by atoms with Crippen LogP contribution in [0, 0.1) is 0 Å². The molecule has 1 unspecified atom stereocenters. The third-order valence-electron chi connectivity index (χ3n) is 3.72. The molecule has 0 aliphatic carbocycles. The first-order valence-electron chi connectivity index (χ1n) is 9.38. The van der Waals surface area contributed by atoms with Gasteiger partial charge in [-0.25, -0.2) is 14.7 Å². The summed E-state index contributed by atoms with van der Waals surface area (Å²) in [6.07, 6.45) is -0.531. The number of ether oxygens (including phenoxy) is 2. The van der Waals surface area contributed by atoms with E-state index in [4.69, 9.17) is 14.3 Å². The van der Waals surface area contributed by atoms with Crippen molar-refractivity contribution in [2.75, 3.05) is 20.7 Å². The molecule has 162 valence electrons. The van der Waals surface area contributed by atoms with Crippen molar-refractivity contribution in [2.24, 2.45) is 0 Å². The molecule has 0 radical (unpaired) electrons. The van der Waals surface area contributed by atoms with Crippen LogP contribution in [0.3, 0.4) is 0 Å². The van der Waals surface area contributed by atoms with E-state index < -0.39 is 29.7 Å². The zero-order valence-corrected chi connectivity index (χ0v) is 17.7. The Morgan fingerprint density at radius 3 is 2.34 bits per heavy atom. The van der Waals surface area contributed by atoms with Gasteiger partial charge in [-0.05, 0) is 39.2 Å². The highest BCUT2D eigenvalue weighted by Gasteiger charge is 2.26. The molecule has 29 heavy (non-hydrogen) atoms. The highest BCUT2D eigenvalue weighted by Crippen LogP contribution is 2.09. The van der Waals surface area contributed by atoms with Crippen LogP contribution in [0.5, 0.6) is 0 Å². The molecule has 1 rings (SSSR count). The van der Waals surface area contributed by atoms with E-state index >= 15 is 0 Å². The molecule has 1 aromatic rings. The number of benzene rings is 1. The van der Waals surface area contributed by atoms with E-state index in [0.29, 0.717) is 6.42 Å². The SMILES string of the molecule is CON(C)C(=O)C(CCCNC(=O)OCc1ccccc1)NC(=O)OC(C)(C)C. The van der Waals surface area contributed by atoms with Crippen LogP contribution in [0.2, 0.25) is 0 Å². The van der Waals surface area contributed by atoms with Gasteiger partial charge in [0, 0.05) is 13.6 Å². The summed E-state index contributed by atoms with van der Waals surface area (Å²) in [4.78, 5) is 41.1. The fourth-order valence-electron chi connectivity index (χ4n) is 2.29. The number of likely N-dealkylation sites (N-methyl/N-ethyl adjacent to an activating group) is 1. The maximum atomic E-state index is 12.4. The summed E-state index contributed by atoms with van der Waals surface area (Å²) >= 11 is 0. The second-order valence-electron chi connectivity index (χ2n) is 7.35. The van der Waals surface area contributed by atoms with Crippen molar-refractivity contribution in [3.63, 3.8) is 0 Å². The molecule has 1 aromatic carbocycles. The average molecular weight is 409 g/mol. The minimum Gasteiger partial charge on any atom is -0.445 e. The van der Waals surface area contributed by atoms with E-state index in [-0.39, 0.29) is 19.6 Å². The summed E-state index contributed by atoms with van der Waals surface area (Å²) in [5.74, 6) is -0.426. The number of nitrogens with zero attached hydrogens (tertiary/aromatic N) is 1. The predicted molar refractivity (Wildman–Crippen MR) is 107 cm³/mol. The second-order valence-corrected chi connectivity index (χ2v) is 7.35. The van der Waals surface area contributed by atoms with E-state index in [1.54, 1.807) is 20.8 Å². The van der Waals surface area contributed by atoms with E-state index in [0.717, 1.165) is 10.6 Å². The fourth-order valence-corrected chi connectivity index (χ4v) is 2.29. The monoisotopic (exact) mass is 409 g/mol. The number of nitrogens with one attached hydrogen (secondary N) is 2. The van der Waals surface area contributed by atoms with Crippen molar-refractivity contribution in [3.05, 3.63) is 35.9 Å². The van der Waals surface area contributed by atoms with Crippen LogP contribution in [0.4, 0.5) is 9.59 Å². The van der Waals surface area contributed by atoms with Gasteiger partial charge < -0.3 is 20.1 Å². The zero-order valence-electron chi connectivity index (χ0n) is 17.7. The molecule has 3 amide bonds. The lowest BCUT2D eigenvalue weighted by Gasteiger charge is -2.25. The van der Waals surface area contributed by atoms with E-state index in [9.17, 15) is 14.4 Å². The average Bonchev–Trinajstić information content (AvgIpc) is 2.66. The minimum atomic E-state index is -0.850. The van der Waals surface area contributed by atoms with Gasteiger partial charge in [-0.1, -0.05) is 30.3 Å². The van der Waals surface area contributed by atoms with E-state index in [1.165, 1.54) is 14.2 Å². The number of hydrogen-bond donors (Lipinski definition) is 2. The molecular formula is C20H31N3O6. The highest BCUT2D eigenvalue weighted by molar-refractivity contribution is 5.84. The van der Waals surface area contributed by atoms with Crippen LogP contribution in [0.15, 0.2) is 30.3 Å². The molecule has 9 nitrogen and oxygen atoms in total. The molecule has 0 aliphatic heterocycles. The van der Waals surface area contributed by atoms with Crippen molar-refractivity contribution in [1.82, 2.24) is 15.7 Å². The number of hydrogen-bond acceptors (Lipinski definition) is 6. The Balaban J connectivity index is 2.45. The Labute approximate surface area is 171 Å². The first kappa shape index (κ1) is 24.2. The summed E-state index contributed by atoms with van der Waals surface area (Å²) in [7, 11) is 2.80. The third kappa shape index (κ3) is 10.3. The number of hydroxylamine groups is 2. The van der Waals surface area contributed by atoms with Gasteiger partial charge in [0.2, 0.25) is 0 Å². The van der Waals surface area contributed by atoms with Crippen LogP contribution < -0.4 is 10.6 Å². The molecule has 9 heteroatoms. The van der Waals surface area contributed by atoms with Crippen molar-refractivity contribution in [2.45, 2.75) is 51.9 Å². The summed E-state index contributed by atoms with van der Waals surface area (Å²) < 4.78 is 10.3. The Kier molecular flexibility index (Phi) is 9.94. The Hall–Kier alpha value is -2.81. The molecule has 0 saturated carbocycles. The van der Waals surface area contributed by atoms with Gasteiger partial charge in [-0.3, -0.25) is 9.63 Å². The van der Waals surface area contributed by atoms with Crippen LogP contribution in [0.25, 0.3) is 0 Å². The smallest absolute Gasteiger partial charge is 0.408 e. The van der Waals surface area contributed by atoms with Crippen molar-refractivity contribution in [1.29, 1.82) is 0 Å². The molecule has 0 bridgehead atoms. The Morgan fingerprint density at radius 2 is 1.76 bits per heavy atom. The number of alkyl carbamates (subject to hydrolysis) is 2. The van der Waals surface area contributed by atoms with Crippen molar-refractivity contribution < 1.29 is 28.7 Å². The lowest BCUT2D eigenvalue weighted by atomic mass is 10.1. The molecule has 0 aromatic heterocycles. The fraction of sp³-hybridized carbons (Fsp3) is 0.550. The quantitative estimate of drug-likeness (QED) is 0.480. The van der Waals surface area contributed by atoms with Crippen molar-refractivity contribution in [3.8, 4) is 0 Å². The number of rotatable bonds is 9. The van der Waals surface area contributed by atoms with Crippen molar-refractivity contribution >= 4 is 18.1 Å². The maximum absolute atomic E-state index is 12.4. The van der Waals surface area contributed by atoms with Gasteiger partial charge in [0.05, 0.1) is 7.11 Å². The van der Waals surface area contributed by atoms with Crippen LogP contribution in [0.1, 0.15) is 39.2 Å². The summed E-state index contributed by atoms with van der Waals surface area (Å²) in [5, 5.41) is 6.20. The molecule has 0 fully saturated rings. The lowest BCUT2D eigenvalue weighted by molar-refractivity contribution is -0.171. The maximum Gasteiger partial charge on any atom is 0.408 e. The lowest BCUT2D eigenvalue weighted by Crippen LogP contribution is -2.48. The highest BCUT2D eigenvalue weighted by atomic mass is 16.7. The Bertz CT molecular complexity index is 660. The minimum absolute atomic E-state index is 0.173. The molecule has 0 aliphatic rings. The third-order valence-corrected chi connectivity index (χ3v) is 3.72. The summed E-state index contributed by atoms with van der Waals surface area (Å²) in [6.45, 7) is 5.65.